The van der Waals surface area contributed by atoms with Gasteiger partial charge in [-0.1, -0.05) is 26.0 Å². The van der Waals surface area contributed by atoms with Crippen LogP contribution in [-0.2, 0) is 4.79 Å². The summed E-state index contributed by atoms with van der Waals surface area (Å²) in [5.41, 5.74) is 2.37. The maximum atomic E-state index is 11.9. The van der Waals surface area contributed by atoms with Gasteiger partial charge in [-0.25, -0.2) is 4.98 Å². The Bertz CT molecular complexity index is 664. The van der Waals surface area contributed by atoms with Crippen molar-refractivity contribution in [2.45, 2.75) is 39.7 Å². The maximum absolute atomic E-state index is 11.9. The molecular formula is C18H23N3O. The SMILES string of the molecule is CC(C)CCC(C)NC(=O)/C=C/c1cnc2ccccc2n1. The van der Waals surface area contributed by atoms with Crippen LogP contribution in [0.2, 0.25) is 0 Å². The first kappa shape index (κ1) is 16.1. The lowest BCUT2D eigenvalue weighted by Gasteiger charge is -2.13. The van der Waals surface area contributed by atoms with Gasteiger partial charge in [0.2, 0.25) is 5.91 Å². The Kier molecular flexibility index (Phi) is 5.64. The summed E-state index contributed by atoms with van der Waals surface area (Å²) < 4.78 is 0. The molecule has 2 rings (SSSR count). The number of nitrogens with one attached hydrogen (secondary N) is 1. The number of nitrogens with zero attached hydrogens (tertiary/aromatic N) is 2. The number of carbonyl (C=O) groups is 1. The van der Waals surface area contributed by atoms with E-state index in [1.165, 1.54) is 6.08 Å². The van der Waals surface area contributed by atoms with Gasteiger partial charge in [0.15, 0.2) is 0 Å². The molecule has 0 fully saturated rings. The number of hydrogen-bond donors (Lipinski definition) is 1. The highest BCUT2D eigenvalue weighted by molar-refractivity contribution is 5.91. The first-order chi connectivity index (χ1) is 10.5. The number of hydrogen-bond acceptors (Lipinski definition) is 3. The molecule has 0 spiro atoms. The monoisotopic (exact) mass is 297 g/mol. The van der Waals surface area contributed by atoms with Crippen LogP contribution in [0, 0.1) is 5.92 Å². The van der Waals surface area contributed by atoms with E-state index in [0.29, 0.717) is 11.6 Å². The molecule has 22 heavy (non-hydrogen) atoms. The van der Waals surface area contributed by atoms with Gasteiger partial charge in [0.1, 0.15) is 0 Å². The Labute approximate surface area is 131 Å². The molecule has 2 aromatic rings. The van der Waals surface area contributed by atoms with E-state index in [1.807, 2.05) is 31.2 Å². The molecule has 0 saturated carbocycles. The largest absolute Gasteiger partial charge is 0.350 e. The zero-order valence-electron chi connectivity index (χ0n) is 13.4. The fourth-order valence-electron chi connectivity index (χ4n) is 2.16. The number of fused-ring (bicyclic) bond motifs is 1. The van der Waals surface area contributed by atoms with E-state index >= 15 is 0 Å². The molecule has 116 valence electrons. The number of benzene rings is 1. The number of aromatic nitrogens is 2. The van der Waals surface area contributed by atoms with Crippen molar-refractivity contribution >= 4 is 23.0 Å². The molecule has 4 nitrogen and oxygen atoms in total. The highest BCUT2D eigenvalue weighted by atomic mass is 16.1. The summed E-state index contributed by atoms with van der Waals surface area (Å²) in [6.07, 6.45) is 7.00. The molecule has 1 aromatic carbocycles. The topological polar surface area (TPSA) is 54.9 Å². The van der Waals surface area contributed by atoms with Gasteiger partial charge in [-0.3, -0.25) is 9.78 Å². The van der Waals surface area contributed by atoms with E-state index in [9.17, 15) is 4.79 Å². The van der Waals surface area contributed by atoms with Crippen LogP contribution < -0.4 is 5.32 Å². The minimum Gasteiger partial charge on any atom is -0.350 e. The average Bonchev–Trinajstić information content (AvgIpc) is 2.50. The zero-order valence-corrected chi connectivity index (χ0v) is 13.4. The van der Waals surface area contributed by atoms with Crippen molar-refractivity contribution in [1.29, 1.82) is 0 Å². The summed E-state index contributed by atoms with van der Waals surface area (Å²) in [5, 5.41) is 2.97. The van der Waals surface area contributed by atoms with Crippen molar-refractivity contribution in [2.75, 3.05) is 0 Å². The van der Waals surface area contributed by atoms with Crippen molar-refractivity contribution < 1.29 is 4.79 Å². The van der Waals surface area contributed by atoms with Crippen LogP contribution in [0.4, 0.5) is 0 Å². The smallest absolute Gasteiger partial charge is 0.244 e. The van der Waals surface area contributed by atoms with E-state index in [-0.39, 0.29) is 11.9 Å². The molecule has 4 heteroatoms. The fourth-order valence-corrected chi connectivity index (χ4v) is 2.16. The molecular weight excluding hydrogens is 274 g/mol. The minimum absolute atomic E-state index is 0.0915. The third kappa shape index (κ3) is 4.95. The highest BCUT2D eigenvalue weighted by Gasteiger charge is 2.06. The van der Waals surface area contributed by atoms with Crippen LogP contribution in [0.5, 0.6) is 0 Å². The van der Waals surface area contributed by atoms with Crippen molar-refractivity contribution in [3.8, 4) is 0 Å². The molecule has 0 saturated heterocycles. The standard InChI is InChI=1S/C18H23N3O/c1-13(2)8-9-14(3)20-18(22)11-10-15-12-19-16-6-4-5-7-17(16)21-15/h4-7,10-14H,8-9H2,1-3H3,(H,20,22)/b11-10+. The Balaban J connectivity index is 1.93. The third-order valence-electron chi connectivity index (χ3n) is 3.44. The first-order valence-electron chi connectivity index (χ1n) is 7.75. The summed E-state index contributed by atoms with van der Waals surface area (Å²) in [7, 11) is 0. The highest BCUT2D eigenvalue weighted by Crippen LogP contribution is 2.09. The second-order valence-electron chi connectivity index (χ2n) is 6.00. The average molecular weight is 297 g/mol. The molecule has 0 aliphatic heterocycles. The van der Waals surface area contributed by atoms with Crippen LogP contribution >= 0.6 is 0 Å². The second kappa shape index (κ2) is 7.69. The van der Waals surface area contributed by atoms with Gasteiger partial charge in [0, 0.05) is 12.1 Å². The van der Waals surface area contributed by atoms with Gasteiger partial charge in [0.25, 0.3) is 0 Å². The summed E-state index contributed by atoms with van der Waals surface area (Å²) >= 11 is 0. The quantitative estimate of drug-likeness (QED) is 0.829. The van der Waals surface area contributed by atoms with E-state index in [2.05, 4.69) is 29.1 Å². The van der Waals surface area contributed by atoms with Crippen molar-refractivity contribution in [3.05, 3.63) is 42.2 Å². The Morgan fingerprint density at radius 2 is 1.91 bits per heavy atom. The Hall–Kier alpha value is -2.23. The summed E-state index contributed by atoms with van der Waals surface area (Å²) in [6.45, 7) is 6.41. The second-order valence-corrected chi connectivity index (χ2v) is 6.00. The molecule has 1 atom stereocenters. The summed E-state index contributed by atoms with van der Waals surface area (Å²) in [4.78, 5) is 20.7. The molecule has 1 amide bonds. The normalized spacial score (nSPS) is 12.9. The van der Waals surface area contributed by atoms with E-state index in [0.717, 1.165) is 23.9 Å². The van der Waals surface area contributed by atoms with Crippen molar-refractivity contribution in [2.24, 2.45) is 5.92 Å². The lowest BCUT2D eigenvalue weighted by atomic mass is 10.0. The van der Waals surface area contributed by atoms with Gasteiger partial charge >= 0.3 is 0 Å². The first-order valence-corrected chi connectivity index (χ1v) is 7.75. The van der Waals surface area contributed by atoms with E-state index in [1.54, 1.807) is 12.3 Å². The molecule has 0 bridgehead atoms. The van der Waals surface area contributed by atoms with Crippen LogP contribution in [-0.4, -0.2) is 21.9 Å². The van der Waals surface area contributed by atoms with Crippen LogP contribution in [0.15, 0.2) is 36.5 Å². The van der Waals surface area contributed by atoms with Gasteiger partial charge in [-0.2, -0.15) is 0 Å². The van der Waals surface area contributed by atoms with Crippen LogP contribution in [0.3, 0.4) is 0 Å². The Morgan fingerprint density at radius 3 is 2.64 bits per heavy atom. The van der Waals surface area contributed by atoms with Crippen molar-refractivity contribution in [1.82, 2.24) is 15.3 Å². The maximum Gasteiger partial charge on any atom is 0.244 e. The number of carbonyl (C=O) groups excluding carboxylic acids is 1. The van der Waals surface area contributed by atoms with E-state index < -0.39 is 0 Å². The molecule has 1 aromatic heterocycles. The molecule has 0 aliphatic rings. The summed E-state index contributed by atoms with van der Waals surface area (Å²) in [5.74, 6) is 0.564. The lowest BCUT2D eigenvalue weighted by Crippen LogP contribution is -2.31. The van der Waals surface area contributed by atoms with Gasteiger partial charge in [-0.05, 0) is 43.9 Å². The molecule has 0 radical (unpaired) electrons. The van der Waals surface area contributed by atoms with Crippen molar-refractivity contribution in [3.63, 3.8) is 0 Å². The number of para-hydroxylation sites is 2. The molecule has 1 N–H and O–H groups in total. The molecule has 1 unspecified atom stereocenters. The minimum atomic E-state index is -0.0915. The van der Waals surface area contributed by atoms with Gasteiger partial charge in [-0.15, -0.1) is 0 Å². The Morgan fingerprint density at radius 1 is 1.18 bits per heavy atom. The third-order valence-corrected chi connectivity index (χ3v) is 3.44. The predicted octanol–water partition coefficient (Wildman–Crippen LogP) is 3.58. The van der Waals surface area contributed by atoms with Gasteiger partial charge in [0.05, 0.1) is 22.9 Å². The lowest BCUT2D eigenvalue weighted by molar-refractivity contribution is -0.117. The molecule has 1 heterocycles. The predicted molar refractivity (Wildman–Crippen MR) is 90.2 cm³/mol. The fraction of sp³-hybridized carbons (Fsp3) is 0.389. The number of rotatable bonds is 6. The van der Waals surface area contributed by atoms with Crippen LogP contribution in [0.1, 0.15) is 39.3 Å². The van der Waals surface area contributed by atoms with Gasteiger partial charge < -0.3 is 5.32 Å². The van der Waals surface area contributed by atoms with E-state index in [4.69, 9.17) is 0 Å². The molecule has 0 aliphatic carbocycles. The van der Waals surface area contributed by atoms with Crippen LogP contribution in [0.25, 0.3) is 17.1 Å². The summed E-state index contributed by atoms with van der Waals surface area (Å²) in [6, 6.07) is 7.86. The number of amides is 1. The zero-order chi connectivity index (χ0) is 15.9.